The average molecular weight is 804 g/mol. The summed E-state index contributed by atoms with van der Waals surface area (Å²) in [6.07, 6.45) is 38.0. The summed E-state index contributed by atoms with van der Waals surface area (Å²) >= 11 is 0. The number of hydrogen-bond acceptors (Lipinski definition) is 8. The number of amides is 1. The summed E-state index contributed by atoms with van der Waals surface area (Å²) in [5.41, 5.74) is 0. The average Bonchev–Trinajstić information content (AvgIpc) is 3.16. The highest BCUT2D eigenvalue weighted by Crippen LogP contribution is 2.43. The Kier molecular flexibility index (Phi) is 37.8. The molecule has 0 radical (unpaired) electrons. The third-order valence-electron chi connectivity index (χ3n) is 9.80. The molecule has 0 bridgehead atoms. The number of aliphatic carboxylic acids is 1. The molecule has 0 fully saturated rings. The number of esters is 1. The van der Waals surface area contributed by atoms with Gasteiger partial charge in [-0.1, -0.05) is 174 Å². The van der Waals surface area contributed by atoms with E-state index in [1.807, 2.05) is 0 Å². The SMILES string of the molecule is CCCCCCCC/C=C\CCCCCCCC(=O)NC(COP(=O)(O)OCC(O)COC(=O)CCCCCCCCCCCCCCCCCC)C(=O)O. The predicted molar refractivity (Wildman–Crippen MR) is 222 cm³/mol. The van der Waals surface area contributed by atoms with E-state index in [-0.39, 0.29) is 12.8 Å². The number of phosphoric ester groups is 1. The molecule has 0 aliphatic rings. The van der Waals surface area contributed by atoms with Crippen molar-refractivity contribution in [1.29, 1.82) is 0 Å². The molecule has 0 heterocycles. The Morgan fingerprint density at radius 1 is 0.564 bits per heavy atom. The summed E-state index contributed by atoms with van der Waals surface area (Å²) in [5.74, 6) is -2.37. The Bertz CT molecular complexity index is 995. The summed E-state index contributed by atoms with van der Waals surface area (Å²) in [4.78, 5) is 45.9. The minimum absolute atomic E-state index is 0.139. The molecule has 1 amide bonds. The number of phosphoric acid groups is 1. The molecule has 4 N–H and O–H groups in total. The van der Waals surface area contributed by atoms with Gasteiger partial charge in [0.1, 0.15) is 12.7 Å². The van der Waals surface area contributed by atoms with Gasteiger partial charge in [0, 0.05) is 12.8 Å². The molecule has 12 heteroatoms. The van der Waals surface area contributed by atoms with E-state index in [1.165, 1.54) is 116 Å². The van der Waals surface area contributed by atoms with E-state index in [4.69, 9.17) is 13.8 Å². The molecule has 0 aromatic heterocycles. The van der Waals surface area contributed by atoms with Crippen LogP contribution in [-0.4, -0.2) is 64.9 Å². The number of aliphatic hydroxyl groups is 1. The fraction of sp³-hybridized carbons (Fsp3) is 0.884. The standard InChI is InChI=1S/C43H82NO10P/c1-3-5-7-9-11-13-15-17-19-21-23-25-27-29-31-33-35-42(47)52-36-39(45)37-53-55(50,51)54-38-40(43(48)49)44-41(46)34-32-30-28-26-24-22-20-18-16-14-12-10-8-6-4-2/h18,20,39-40,45H,3-17,19,21-38H2,1-2H3,(H,44,46)(H,48,49)(H,50,51)/b20-18-. The second-order valence-corrected chi connectivity index (χ2v) is 16.7. The third-order valence-corrected chi connectivity index (χ3v) is 10.8. The molecular formula is C43H82NO10P. The van der Waals surface area contributed by atoms with Gasteiger partial charge < -0.3 is 25.2 Å². The topological polar surface area (TPSA) is 169 Å². The van der Waals surface area contributed by atoms with Crippen molar-refractivity contribution in [2.75, 3.05) is 19.8 Å². The zero-order valence-corrected chi connectivity index (χ0v) is 35.9. The first-order valence-electron chi connectivity index (χ1n) is 22.2. The molecule has 0 rings (SSSR count). The van der Waals surface area contributed by atoms with Gasteiger partial charge in [0.15, 0.2) is 6.04 Å². The van der Waals surface area contributed by atoms with E-state index in [0.29, 0.717) is 12.8 Å². The van der Waals surface area contributed by atoms with E-state index >= 15 is 0 Å². The maximum absolute atomic E-state index is 12.3. The number of rotatable bonds is 42. The maximum Gasteiger partial charge on any atom is 0.472 e. The maximum atomic E-state index is 12.3. The Hall–Kier alpha value is -1.78. The molecule has 324 valence electrons. The molecule has 3 unspecified atom stereocenters. The van der Waals surface area contributed by atoms with Crippen molar-refractivity contribution in [1.82, 2.24) is 5.32 Å². The van der Waals surface area contributed by atoms with Crippen LogP contribution in [0.4, 0.5) is 0 Å². The number of unbranched alkanes of at least 4 members (excludes halogenated alkanes) is 26. The van der Waals surface area contributed by atoms with Gasteiger partial charge in [0.05, 0.1) is 13.2 Å². The van der Waals surface area contributed by atoms with Gasteiger partial charge in [0.25, 0.3) is 0 Å². The summed E-state index contributed by atoms with van der Waals surface area (Å²) < 4.78 is 26.8. The van der Waals surface area contributed by atoms with Crippen LogP contribution in [0.3, 0.4) is 0 Å². The van der Waals surface area contributed by atoms with Crippen LogP contribution in [0.25, 0.3) is 0 Å². The van der Waals surface area contributed by atoms with Crippen molar-refractivity contribution < 1.29 is 47.8 Å². The molecule has 11 nitrogen and oxygen atoms in total. The predicted octanol–water partition coefficient (Wildman–Crippen LogP) is 11.3. The Labute approximate surface area is 335 Å². The number of carboxylic acid groups (broad SMARTS) is 1. The van der Waals surface area contributed by atoms with Gasteiger partial charge in [-0.25, -0.2) is 9.36 Å². The van der Waals surface area contributed by atoms with E-state index in [2.05, 4.69) is 31.3 Å². The monoisotopic (exact) mass is 804 g/mol. The van der Waals surface area contributed by atoms with E-state index in [9.17, 15) is 34.1 Å². The molecule has 0 saturated carbocycles. The molecule has 55 heavy (non-hydrogen) atoms. The lowest BCUT2D eigenvalue weighted by molar-refractivity contribution is -0.147. The van der Waals surface area contributed by atoms with Crippen LogP contribution in [-0.2, 0) is 32.7 Å². The first-order valence-corrected chi connectivity index (χ1v) is 23.7. The first kappa shape index (κ1) is 53.2. The van der Waals surface area contributed by atoms with Gasteiger partial charge >= 0.3 is 19.8 Å². The fourth-order valence-electron chi connectivity index (χ4n) is 6.31. The second-order valence-electron chi connectivity index (χ2n) is 15.2. The highest BCUT2D eigenvalue weighted by molar-refractivity contribution is 7.47. The van der Waals surface area contributed by atoms with Crippen molar-refractivity contribution >= 4 is 25.7 Å². The Morgan fingerprint density at radius 2 is 0.945 bits per heavy atom. The van der Waals surface area contributed by atoms with Crippen molar-refractivity contribution in [2.45, 2.75) is 225 Å². The van der Waals surface area contributed by atoms with Gasteiger partial charge in [-0.2, -0.15) is 0 Å². The number of nitrogens with one attached hydrogen (secondary N) is 1. The Morgan fingerprint density at radius 3 is 1.38 bits per heavy atom. The van der Waals surface area contributed by atoms with Crippen LogP contribution in [0.5, 0.6) is 0 Å². The number of carbonyl (C=O) groups excluding carboxylic acids is 2. The lowest BCUT2D eigenvalue weighted by Gasteiger charge is -2.18. The second kappa shape index (κ2) is 39.1. The summed E-state index contributed by atoms with van der Waals surface area (Å²) in [5, 5.41) is 21.8. The highest BCUT2D eigenvalue weighted by atomic mass is 31.2. The quantitative estimate of drug-likeness (QED) is 0.0202. The van der Waals surface area contributed by atoms with E-state index in [0.717, 1.165) is 57.8 Å². The Balaban J connectivity index is 3.88. The van der Waals surface area contributed by atoms with Crippen LogP contribution >= 0.6 is 7.82 Å². The van der Waals surface area contributed by atoms with Crippen LogP contribution in [0.15, 0.2) is 12.2 Å². The number of aliphatic hydroxyl groups excluding tert-OH is 1. The van der Waals surface area contributed by atoms with Gasteiger partial charge in [-0.15, -0.1) is 0 Å². The van der Waals surface area contributed by atoms with Crippen molar-refractivity contribution in [3.8, 4) is 0 Å². The minimum Gasteiger partial charge on any atom is -0.480 e. The smallest absolute Gasteiger partial charge is 0.472 e. The van der Waals surface area contributed by atoms with Gasteiger partial charge in [-0.3, -0.25) is 18.6 Å². The summed E-state index contributed by atoms with van der Waals surface area (Å²) in [7, 11) is -4.75. The minimum atomic E-state index is -4.75. The molecule has 0 aliphatic heterocycles. The zero-order chi connectivity index (χ0) is 40.7. The number of carbonyl (C=O) groups is 3. The largest absolute Gasteiger partial charge is 0.480 e. The van der Waals surface area contributed by atoms with Crippen LogP contribution < -0.4 is 5.32 Å². The van der Waals surface area contributed by atoms with Gasteiger partial charge in [-0.05, 0) is 38.5 Å². The molecule has 0 spiro atoms. The lowest BCUT2D eigenvalue weighted by Crippen LogP contribution is -2.43. The highest BCUT2D eigenvalue weighted by Gasteiger charge is 2.28. The van der Waals surface area contributed by atoms with E-state index < -0.39 is 57.6 Å². The molecule has 0 aromatic rings. The lowest BCUT2D eigenvalue weighted by atomic mass is 10.0. The van der Waals surface area contributed by atoms with Gasteiger partial charge in [0.2, 0.25) is 5.91 Å². The van der Waals surface area contributed by atoms with E-state index in [1.54, 1.807) is 0 Å². The number of carboxylic acids is 1. The molecule has 3 atom stereocenters. The van der Waals surface area contributed by atoms with Crippen LogP contribution in [0, 0.1) is 0 Å². The first-order chi connectivity index (χ1) is 26.6. The molecule has 0 aliphatic carbocycles. The normalized spacial score (nSPS) is 13.8. The van der Waals surface area contributed by atoms with Crippen LogP contribution in [0.2, 0.25) is 0 Å². The van der Waals surface area contributed by atoms with Crippen molar-refractivity contribution in [2.24, 2.45) is 0 Å². The zero-order valence-electron chi connectivity index (χ0n) is 35.0. The van der Waals surface area contributed by atoms with Crippen molar-refractivity contribution in [3.05, 3.63) is 12.2 Å². The summed E-state index contributed by atoms with van der Waals surface area (Å²) in [6, 6.07) is -1.55. The van der Waals surface area contributed by atoms with Crippen LogP contribution in [0.1, 0.15) is 213 Å². The van der Waals surface area contributed by atoms with Crippen molar-refractivity contribution in [3.63, 3.8) is 0 Å². The summed E-state index contributed by atoms with van der Waals surface area (Å²) in [6.45, 7) is 2.60. The molecule has 0 aromatic carbocycles. The third kappa shape index (κ3) is 38.9. The fourth-order valence-corrected chi connectivity index (χ4v) is 7.08. The number of hydrogen-bond donors (Lipinski definition) is 4. The molecule has 0 saturated heterocycles. The number of ether oxygens (including phenoxy) is 1. The number of allylic oxidation sites excluding steroid dienone is 2. The molecular weight excluding hydrogens is 721 g/mol.